The first-order valence-electron chi connectivity index (χ1n) is 6.34. The predicted octanol–water partition coefficient (Wildman–Crippen LogP) is 1.35. The van der Waals surface area contributed by atoms with E-state index in [0.717, 1.165) is 0 Å². The third kappa shape index (κ3) is 3.92. The first-order chi connectivity index (χ1) is 10.1. The Kier molecular flexibility index (Phi) is 4.71. The number of hydrogen-bond donors (Lipinski definition) is 0. The summed E-state index contributed by atoms with van der Waals surface area (Å²) in [6.07, 6.45) is 2.32. The summed E-state index contributed by atoms with van der Waals surface area (Å²) in [6, 6.07) is 6.51. The molecule has 0 saturated carbocycles. The van der Waals surface area contributed by atoms with E-state index in [1.807, 2.05) is 0 Å². The molecule has 21 heavy (non-hydrogen) atoms. The van der Waals surface area contributed by atoms with Gasteiger partial charge >= 0.3 is 17.9 Å². The van der Waals surface area contributed by atoms with E-state index >= 15 is 0 Å². The minimum atomic E-state index is -0.816. The van der Waals surface area contributed by atoms with Gasteiger partial charge in [0, 0.05) is 12.5 Å². The van der Waals surface area contributed by atoms with E-state index in [-0.39, 0.29) is 6.61 Å². The van der Waals surface area contributed by atoms with Gasteiger partial charge in [0.05, 0.1) is 19.3 Å². The third-order valence-corrected chi connectivity index (χ3v) is 2.89. The molecule has 0 radical (unpaired) electrons. The van der Waals surface area contributed by atoms with Crippen molar-refractivity contribution < 1.29 is 28.6 Å². The molecule has 2 rings (SSSR count). The van der Waals surface area contributed by atoms with E-state index in [2.05, 4.69) is 4.74 Å². The number of rotatable bonds is 4. The summed E-state index contributed by atoms with van der Waals surface area (Å²) in [5.74, 6) is -1.56. The number of cyclic esters (lactones) is 1. The normalized spacial score (nSPS) is 17.6. The van der Waals surface area contributed by atoms with Crippen LogP contribution in [0.5, 0.6) is 0 Å². The first-order valence-corrected chi connectivity index (χ1v) is 6.34. The summed E-state index contributed by atoms with van der Waals surface area (Å²) in [5.41, 5.74) is 1.14. The summed E-state index contributed by atoms with van der Waals surface area (Å²) >= 11 is 0. The van der Waals surface area contributed by atoms with E-state index in [9.17, 15) is 14.4 Å². The monoisotopic (exact) mass is 290 g/mol. The lowest BCUT2D eigenvalue weighted by molar-refractivity contribution is -0.156. The van der Waals surface area contributed by atoms with Crippen LogP contribution in [0.3, 0.4) is 0 Å². The van der Waals surface area contributed by atoms with E-state index < -0.39 is 24.0 Å². The zero-order valence-corrected chi connectivity index (χ0v) is 11.4. The van der Waals surface area contributed by atoms with Crippen LogP contribution in [0.25, 0.3) is 6.08 Å². The van der Waals surface area contributed by atoms with Gasteiger partial charge in [-0.05, 0) is 23.8 Å². The van der Waals surface area contributed by atoms with Gasteiger partial charge in [0.15, 0.2) is 0 Å². The average molecular weight is 290 g/mol. The van der Waals surface area contributed by atoms with Crippen molar-refractivity contribution in [3.8, 4) is 0 Å². The second-order valence-electron chi connectivity index (χ2n) is 4.33. The highest BCUT2D eigenvalue weighted by Gasteiger charge is 2.29. The molecule has 110 valence electrons. The first kappa shape index (κ1) is 14.8. The second-order valence-corrected chi connectivity index (χ2v) is 4.33. The summed E-state index contributed by atoms with van der Waals surface area (Å²) in [7, 11) is 1.31. The zero-order chi connectivity index (χ0) is 15.2. The van der Waals surface area contributed by atoms with Gasteiger partial charge in [-0.2, -0.15) is 0 Å². The average Bonchev–Trinajstić information content (AvgIpc) is 2.90. The Bertz CT molecular complexity index is 572. The Hall–Kier alpha value is -2.63. The molecule has 1 aliphatic rings. The van der Waals surface area contributed by atoms with Crippen LogP contribution < -0.4 is 0 Å². The van der Waals surface area contributed by atoms with Gasteiger partial charge in [-0.1, -0.05) is 12.1 Å². The van der Waals surface area contributed by atoms with Crippen molar-refractivity contribution in [2.45, 2.75) is 12.5 Å². The molecule has 1 atom stereocenters. The van der Waals surface area contributed by atoms with Crippen LogP contribution in [-0.4, -0.2) is 37.7 Å². The van der Waals surface area contributed by atoms with E-state index in [1.165, 1.54) is 19.3 Å². The van der Waals surface area contributed by atoms with Crippen molar-refractivity contribution >= 4 is 24.0 Å². The van der Waals surface area contributed by atoms with Crippen LogP contribution in [0, 0.1) is 0 Å². The maximum atomic E-state index is 11.5. The summed E-state index contributed by atoms with van der Waals surface area (Å²) in [4.78, 5) is 34.0. The molecule has 6 nitrogen and oxygen atoms in total. The topological polar surface area (TPSA) is 78.9 Å². The maximum absolute atomic E-state index is 11.5. The Labute approximate surface area is 121 Å². The molecule has 1 aliphatic heterocycles. The molecule has 1 heterocycles. The van der Waals surface area contributed by atoms with Crippen molar-refractivity contribution in [3.63, 3.8) is 0 Å². The van der Waals surface area contributed by atoms with Crippen LogP contribution in [0.15, 0.2) is 30.3 Å². The fourth-order valence-corrected chi connectivity index (χ4v) is 1.78. The molecule has 1 aromatic rings. The number of methoxy groups -OCH3 is 1. The highest BCUT2D eigenvalue weighted by atomic mass is 16.6. The molecule has 0 N–H and O–H groups in total. The highest BCUT2D eigenvalue weighted by molar-refractivity contribution is 5.91. The largest absolute Gasteiger partial charge is 0.465 e. The summed E-state index contributed by atoms with van der Waals surface area (Å²) < 4.78 is 14.2. The van der Waals surface area contributed by atoms with Crippen molar-refractivity contribution in [1.82, 2.24) is 0 Å². The van der Waals surface area contributed by atoms with Crippen LogP contribution in [0.1, 0.15) is 22.3 Å². The van der Waals surface area contributed by atoms with Crippen LogP contribution in [0.2, 0.25) is 0 Å². The SMILES string of the molecule is COC(=O)c1ccc(/C=C/C(=O)O[C@@H]2CCOC2=O)cc1. The van der Waals surface area contributed by atoms with Crippen LogP contribution in [-0.2, 0) is 23.8 Å². The number of esters is 3. The summed E-state index contributed by atoms with van der Waals surface area (Å²) in [5, 5.41) is 0. The van der Waals surface area contributed by atoms with Crippen LogP contribution >= 0.6 is 0 Å². The molecular formula is C15H14O6. The minimum absolute atomic E-state index is 0.273. The predicted molar refractivity (Wildman–Crippen MR) is 72.3 cm³/mol. The minimum Gasteiger partial charge on any atom is -0.465 e. The van der Waals surface area contributed by atoms with Gasteiger partial charge in [-0.3, -0.25) is 0 Å². The van der Waals surface area contributed by atoms with Gasteiger partial charge in [0.1, 0.15) is 0 Å². The fourth-order valence-electron chi connectivity index (χ4n) is 1.78. The Balaban J connectivity index is 1.92. The molecule has 0 aliphatic carbocycles. The number of ether oxygens (including phenoxy) is 3. The Morgan fingerprint density at radius 1 is 1.29 bits per heavy atom. The van der Waals surface area contributed by atoms with Crippen molar-refractivity contribution in [3.05, 3.63) is 41.5 Å². The molecule has 0 unspecified atom stereocenters. The molecule has 6 heteroatoms. The zero-order valence-electron chi connectivity index (χ0n) is 11.4. The quantitative estimate of drug-likeness (QED) is 0.473. The fraction of sp³-hybridized carbons (Fsp3) is 0.267. The number of carbonyl (C=O) groups excluding carboxylic acids is 3. The molecule has 0 spiro atoms. The molecule has 1 fully saturated rings. The smallest absolute Gasteiger partial charge is 0.347 e. The van der Waals surface area contributed by atoms with Crippen molar-refractivity contribution in [2.75, 3.05) is 13.7 Å². The van der Waals surface area contributed by atoms with Crippen molar-refractivity contribution in [2.24, 2.45) is 0 Å². The lowest BCUT2D eigenvalue weighted by Crippen LogP contribution is -2.21. The van der Waals surface area contributed by atoms with Gasteiger partial charge < -0.3 is 14.2 Å². The highest BCUT2D eigenvalue weighted by Crippen LogP contribution is 2.11. The van der Waals surface area contributed by atoms with Gasteiger partial charge in [0.2, 0.25) is 6.10 Å². The number of carbonyl (C=O) groups is 3. The van der Waals surface area contributed by atoms with Crippen molar-refractivity contribution in [1.29, 1.82) is 0 Å². The van der Waals surface area contributed by atoms with Crippen LogP contribution in [0.4, 0.5) is 0 Å². The lowest BCUT2D eigenvalue weighted by Gasteiger charge is -2.05. The third-order valence-electron chi connectivity index (χ3n) is 2.89. The second kappa shape index (κ2) is 6.69. The molecular weight excluding hydrogens is 276 g/mol. The Morgan fingerprint density at radius 3 is 2.57 bits per heavy atom. The van der Waals surface area contributed by atoms with Gasteiger partial charge in [-0.15, -0.1) is 0 Å². The number of benzene rings is 1. The maximum Gasteiger partial charge on any atom is 0.347 e. The van der Waals surface area contributed by atoms with Gasteiger partial charge in [0.25, 0.3) is 0 Å². The van der Waals surface area contributed by atoms with E-state index in [0.29, 0.717) is 17.5 Å². The van der Waals surface area contributed by atoms with Gasteiger partial charge in [-0.25, -0.2) is 14.4 Å². The molecule has 1 saturated heterocycles. The molecule has 0 bridgehead atoms. The molecule has 0 amide bonds. The van der Waals surface area contributed by atoms with E-state index in [1.54, 1.807) is 24.3 Å². The molecule has 0 aromatic heterocycles. The Morgan fingerprint density at radius 2 is 2.00 bits per heavy atom. The lowest BCUT2D eigenvalue weighted by atomic mass is 10.1. The standard InChI is InChI=1S/C15H14O6/c1-19-14(17)11-5-2-10(3-6-11)4-7-13(16)21-12-8-9-20-15(12)18/h2-7,12H,8-9H2,1H3/b7-4+/t12-/m1/s1. The van der Waals surface area contributed by atoms with E-state index in [4.69, 9.17) is 9.47 Å². The summed E-state index contributed by atoms with van der Waals surface area (Å²) in [6.45, 7) is 0.273. The number of hydrogen-bond acceptors (Lipinski definition) is 6. The molecule has 1 aromatic carbocycles.